The molecule has 2 aromatic rings. The maximum Gasteiger partial charge on any atom is 0.573 e. The number of piperidine rings is 1. The van der Waals surface area contributed by atoms with Gasteiger partial charge in [-0.15, -0.1) is 13.2 Å². The van der Waals surface area contributed by atoms with Gasteiger partial charge < -0.3 is 10.1 Å². The quantitative estimate of drug-likeness (QED) is 0.896. The zero-order chi connectivity index (χ0) is 18.1. The van der Waals surface area contributed by atoms with Crippen LogP contribution in [0.15, 0.2) is 24.3 Å². The van der Waals surface area contributed by atoms with E-state index in [-0.39, 0.29) is 5.75 Å². The van der Waals surface area contributed by atoms with Crippen LogP contribution in [0, 0.1) is 0 Å². The number of nitrogens with zero attached hydrogens (tertiary/aromatic N) is 3. The molecule has 1 N–H and O–H groups in total. The Morgan fingerprint density at radius 1 is 1.08 bits per heavy atom. The third-order valence-corrected chi connectivity index (χ3v) is 4.87. The number of hydrogen-bond acceptors (Lipinski definition) is 4. The number of alkyl halides is 3. The number of hydrogen-bond donors (Lipinski definition) is 1. The van der Waals surface area contributed by atoms with E-state index >= 15 is 0 Å². The summed E-state index contributed by atoms with van der Waals surface area (Å²) in [4.78, 5) is 2.43. The van der Waals surface area contributed by atoms with Gasteiger partial charge in [-0.1, -0.05) is 6.42 Å². The van der Waals surface area contributed by atoms with Gasteiger partial charge in [-0.2, -0.15) is 5.10 Å². The summed E-state index contributed by atoms with van der Waals surface area (Å²) in [6, 6.07) is 5.82. The van der Waals surface area contributed by atoms with Crippen molar-refractivity contribution in [2.75, 3.05) is 25.0 Å². The van der Waals surface area contributed by atoms with E-state index in [9.17, 15) is 13.2 Å². The second kappa shape index (κ2) is 6.83. The van der Waals surface area contributed by atoms with Crippen molar-refractivity contribution in [2.45, 2.75) is 38.6 Å². The molecule has 1 saturated heterocycles. The predicted octanol–water partition coefficient (Wildman–Crippen LogP) is 3.72. The number of nitrogens with one attached hydrogen (secondary N) is 1. The van der Waals surface area contributed by atoms with Crippen LogP contribution in [0.4, 0.5) is 19.0 Å². The summed E-state index contributed by atoms with van der Waals surface area (Å²) >= 11 is 0. The van der Waals surface area contributed by atoms with Crippen LogP contribution in [0.2, 0.25) is 0 Å². The van der Waals surface area contributed by atoms with Crippen molar-refractivity contribution in [3.05, 3.63) is 35.5 Å². The first kappa shape index (κ1) is 17.2. The Kier molecular flexibility index (Phi) is 4.52. The van der Waals surface area contributed by atoms with Gasteiger partial charge in [0.2, 0.25) is 0 Å². The topological polar surface area (TPSA) is 42.3 Å². The summed E-state index contributed by atoms with van der Waals surface area (Å²) in [7, 11) is 0. The molecular formula is C18H21F3N4O. The van der Waals surface area contributed by atoms with E-state index < -0.39 is 6.36 Å². The lowest BCUT2D eigenvalue weighted by molar-refractivity contribution is -0.274. The summed E-state index contributed by atoms with van der Waals surface area (Å²) in [6.07, 6.45) is -0.0218. The first-order valence-electron chi connectivity index (χ1n) is 8.93. The van der Waals surface area contributed by atoms with Crippen molar-refractivity contribution in [1.29, 1.82) is 0 Å². The fraction of sp³-hybridized carbons (Fsp3) is 0.500. The van der Waals surface area contributed by atoms with Crippen molar-refractivity contribution >= 4 is 5.82 Å². The van der Waals surface area contributed by atoms with Crippen LogP contribution in [0.1, 0.15) is 30.5 Å². The molecule has 0 spiro atoms. The number of aromatic nitrogens is 2. The van der Waals surface area contributed by atoms with Crippen LogP contribution in [-0.2, 0) is 13.0 Å². The first-order chi connectivity index (χ1) is 12.5. The highest BCUT2D eigenvalue weighted by Gasteiger charge is 2.31. The normalized spacial score (nSPS) is 17.8. The van der Waals surface area contributed by atoms with E-state index in [0.717, 1.165) is 49.8 Å². The average Bonchev–Trinajstić information content (AvgIpc) is 3.19. The van der Waals surface area contributed by atoms with E-state index in [0.29, 0.717) is 0 Å². The second-order valence-electron chi connectivity index (χ2n) is 6.74. The molecule has 140 valence electrons. The van der Waals surface area contributed by atoms with Crippen molar-refractivity contribution < 1.29 is 17.9 Å². The zero-order valence-corrected chi connectivity index (χ0v) is 14.4. The molecule has 2 aliphatic rings. The molecule has 4 rings (SSSR count). The number of fused-ring (bicyclic) bond motifs is 1. The van der Waals surface area contributed by atoms with Gasteiger partial charge in [0.25, 0.3) is 0 Å². The zero-order valence-electron chi connectivity index (χ0n) is 14.4. The predicted molar refractivity (Wildman–Crippen MR) is 91.6 cm³/mol. The summed E-state index contributed by atoms with van der Waals surface area (Å²) in [5.41, 5.74) is 2.99. The Labute approximate surface area is 149 Å². The molecular weight excluding hydrogens is 345 g/mol. The van der Waals surface area contributed by atoms with Crippen molar-refractivity contribution in [2.24, 2.45) is 0 Å². The SMILES string of the molecule is FC(F)(F)Oc1ccc(-n2nc(CN3CCCCC3)c3c2NCC3)cc1. The lowest BCUT2D eigenvalue weighted by atomic mass is 10.1. The Morgan fingerprint density at radius 3 is 2.50 bits per heavy atom. The molecule has 0 atom stereocenters. The third kappa shape index (κ3) is 3.65. The number of likely N-dealkylation sites (tertiary alicyclic amines) is 1. The van der Waals surface area contributed by atoms with Gasteiger partial charge in [-0.25, -0.2) is 4.68 Å². The second-order valence-corrected chi connectivity index (χ2v) is 6.74. The molecule has 0 radical (unpaired) electrons. The fourth-order valence-electron chi connectivity index (χ4n) is 3.68. The molecule has 5 nitrogen and oxygen atoms in total. The first-order valence-corrected chi connectivity index (χ1v) is 8.93. The van der Waals surface area contributed by atoms with E-state index in [1.54, 1.807) is 16.8 Å². The van der Waals surface area contributed by atoms with Crippen molar-refractivity contribution in [3.8, 4) is 11.4 Å². The van der Waals surface area contributed by atoms with Crippen molar-refractivity contribution in [3.63, 3.8) is 0 Å². The molecule has 2 aliphatic heterocycles. The molecule has 0 saturated carbocycles. The molecule has 8 heteroatoms. The Bertz CT molecular complexity index is 764. The molecule has 0 aliphatic carbocycles. The maximum absolute atomic E-state index is 12.3. The highest BCUT2D eigenvalue weighted by molar-refractivity contribution is 5.57. The minimum absolute atomic E-state index is 0.230. The van der Waals surface area contributed by atoms with Gasteiger partial charge >= 0.3 is 6.36 Å². The van der Waals surface area contributed by atoms with Gasteiger partial charge in [0.15, 0.2) is 0 Å². The standard InChI is InChI=1S/C18H21F3N4O/c19-18(20,21)26-14-6-4-13(5-7-14)25-17-15(8-9-22-17)16(23-25)12-24-10-2-1-3-11-24/h4-7,22H,1-3,8-12H2. The molecule has 26 heavy (non-hydrogen) atoms. The van der Waals surface area contributed by atoms with E-state index in [2.05, 4.69) is 15.0 Å². The van der Waals surface area contributed by atoms with E-state index in [4.69, 9.17) is 5.10 Å². The smallest absolute Gasteiger partial charge is 0.406 e. The van der Waals surface area contributed by atoms with Crippen LogP contribution < -0.4 is 10.1 Å². The van der Waals surface area contributed by atoms with Crippen LogP contribution in [0.25, 0.3) is 5.69 Å². The highest BCUT2D eigenvalue weighted by atomic mass is 19.4. The molecule has 0 bridgehead atoms. The number of ether oxygens (including phenoxy) is 1. The number of rotatable bonds is 4. The lowest BCUT2D eigenvalue weighted by Crippen LogP contribution is -2.29. The molecule has 1 aromatic heterocycles. The van der Waals surface area contributed by atoms with Gasteiger partial charge in [0.05, 0.1) is 11.4 Å². The molecule has 1 aromatic carbocycles. The Balaban J connectivity index is 1.57. The Morgan fingerprint density at radius 2 is 1.81 bits per heavy atom. The molecule has 1 fully saturated rings. The largest absolute Gasteiger partial charge is 0.573 e. The number of anilines is 1. The van der Waals surface area contributed by atoms with Crippen LogP contribution >= 0.6 is 0 Å². The summed E-state index contributed by atoms with van der Waals surface area (Å²) in [5, 5.41) is 8.10. The average molecular weight is 366 g/mol. The van der Waals surface area contributed by atoms with Gasteiger partial charge in [0, 0.05) is 18.7 Å². The summed E-state index contributed by atoms with van der Waals surface area (Å²) < 4.78 is 42.7. The monoisotopic (exact) mass is 366 g/mol. The molecule has 3 heterocycles. The van der Waals surface area contributed by atoms with Gasteiger partial charge in [-0.05, 0) is 56.6 Å². The summed E-state index contributed by atoms with van der Waals surface area (Å²) in [6.45, 7) is 3.87. The number of benzene rings is 1. The lowest BCUT2D eigenvalue weighted by Gasteiger charge is -2.25. The Hall–Kier alpha value is -2.22. The van der Waals surface area contributed by atoms with Crippen LogP contribution in [-0.4, -0.2) is 40.7 Å². The number of halogens is 3. The minimum atomic E-state index is -4.68. The van der Waals surface area contributed by atoms with E-state index in [1.807, 2.05) is 0 Å². The van der Waals surface area contributed by atoms with Gasteiger partial charge in [-0.3, -0.25) is 4.90 Å². The third-order valence-electron chi connectivity index (χ3n) is 4.87. The highest BCUT2D eigenvalue weighted by Crippen LogP contribution is 2.31. The van der Waals surface area contributed by atoms with Crippen LogP contribution in [0.3, 0.4) is 0 Å². The molecule has 0 unspecified atom stereocenters. The van der Waals surface area contributed by atoms with Gasteiger partial charge in [0.1, 0.15) is 11.6 Å². The van der Waals surface area contributed by atoms with E-state index in [1.165, 1.54) is 37.0 Å². The van der Waals surface area contributed by atoms with Crippen molar-refractivity contribution in [1.82, 2.24) is 14.7 Å². The summed E-state index contributed by atoms with van der Waals surface area (Å²) in [5.74, 6) is 0.716. The fourth-order valence-corrected chi connectivity index (χ4v) is 3.68. The minimum Gasteiger partial charge on any atom is -0.406 e. The molecule has 0 amide bonds. The van der Waals surface area contributed by atoms with Crippen LogP contribution in [0.5, 0.6) is 5.75 Å². The maximum atomic E-state index is 12.3.